The summed E-state index contributed by atoms with van der Waals surface area (Å²) in [5.41, 5.74) is 0. The molecule has 1 rings (SSSR count). The molecule has 1 atom stereocenters. The van der Waals surface area contributed by atoms with Gasteiger partial charge in [-0.05, 0) is 44.0 Å². The van der Waals surface area contributed by atoms with Crippen LogP contribution in [0.5, 0.6) is 5.75 Å². The van der Waals surface area contributed by atoms with Gasteiger partial charge in [0.25, 0.3) is 5.91 Å². The molecule has 0 aromatic heterocycles. The van der Waals surface area contributed by atoms with Gasteiger partial charge in [0.1, 0.15) is 5.75 Å². The minimum atomic E-state index is -0.534. The summed E-state index contributed by atoms with van der Waals surface area (Å²) >= 11 is 5.78. The van der Waals surface area contributed by atoms with E-state index in [0.29, 0.717) is 17.3 Å². The van der Waals surface area contributed by atoms with Gasteiger partial charge in [-0.3, -0.25) is 4.79 Å². The second kappa shape index (κ2) is 9.61. The number of hydrogen-bond donors (Lipinski definition) is 2. The number of amides is 1. The van der Waals surface area contributed by atoms with E-state index in [0.717, 1.165) is 25.7 Å². The first kappa shape index (κ1) is 16.8. The van der Waals surface area contributed by atoms with E-state index in [1.807, 2.05) is 0 Å². The van der Waals surface area contributed by atoms with Gasteiger partial charge in [-0.25, -0.2) is 0 Å². The molecule has 1 aromatic carbocycles. The summed E-state index contributed by atoms with van der Waals surface area (Å²) in [6.07, 6.45) is 3.20. The van der Waals surface area contributed by atoms with Crippen LogP contribution in [0.1, 0.15) is 32.6 Å². The average Bonchev–Trinajstić information content (AvgIpc) is 2.45. The van der Waals surface area contributed by atoms with Crippen LogP contribution in [0, 0.1) is 0 Å². The molecule has 0 spiro atoms. The summed E-state index contributed by atoms with van der Waals surface area (Å²) in [6, 6.07) is 6.92. The van der Waals surface area contributed by atoms with Crippen LogP contribution < -0.4 is 10.1 Å². The molecule has 0 fully saturated rings. The van der Waals surface area contributed by atoms with Gasteiger partial charge in [0, 0.05) is 18.2 Å². The van der Waals surface area contributed by atoms with E-state index < -0.39 is 6.10 Å². The Labute approximate surface area is 125 Å². The zero-order valence-electron chi connectivity index (χ0n) is 11.8. The van der Waals surface area contributed by atoms with Gasteiger partial charge in [-0.15, -0.1) is 0 Å². The Bertz CT molecular complexity index is 395. The van der Waals surface area contributed by atoms with Gasteiger partial charge < -0.3 is 15.2 Å². The van der Waals surface area contributed by atoms with E-state index in [-0.39, 0.29) is 12.5 Å². The standard InChI is InChI=1S/C15H22ClNO3/c1-12(20-14-8-6-13(16)7-9-14)15(19)17-10-4-2-3-5-11-18/h6-9,12,18H,2-5,10-11H2,1H3,(H,17,19). The Morgan fingerprint density at radius 2 is 1.90 bits per heavy atom. The van der Waals surface area contributed by atoms with E-state index in [4.69, 9.17) is 21.4 Å². The third kappa shape index (κ3) is 6.78. The maximum absolute atomic E-state index is 11.8. The summed E-state index contributed by atoms with van der Waals surface area (Å²) in [4.78, 5) is 11.8. The normalized spacial score (nSPS) is 11.9. The summed E-state index contributed by atoms with van der Waals surface area (Å²) in [5, 5.41) is 12.1. The molecule has 2 N–H and O–H groups in total. The van der Waals surface area contributed by atoms with Crippen LogP contribution in [0.4, 0.5) is 0 Å². The SMILES string of the molecule is CC(Oc1ccc(Cl)cc1)C(=O)NCCCCCCO. The number of nitrogens with one attached hydrogen (secondary N) is 1. The smallest absolute Gasteiger partial charge is 0.260 e. The van der Waals surface area contributed by atoms with Crippen molar-refractivity contribution in [1.82, 2.24) is 5.32 Å². The monoisotopic (exact) mass is 299 g/mol. The van der Waals surface area contributed by atoms with Crippen LogP contribution in [0.25, 0.3) is 0 Å². The number of halogens is 1. The van der Waals surface area contributed by atoms with Crippen LogP contribution in [-0.4, -0.2) is 30.3 Å². The predicted molar refractivity (Wildman–Crippen MR) is 80.1 cm³/mol. The van der Waals surface area contributed by atoms with Gasteiger partial charge >= 0.3 is 0 Å². The Kier molecular flexibility index (Phi) is 8.07. The Balaban J connectivity index is 2.20. The summed E-state index contributed by atoms with van der Waals surface area (Å²) in [6.45, 7) is 2.59. The number of carbonyl (C=O) groups is 1. The number of aliphatic hydroxyl groups excluding tert-OH is 1. The summed E-state index contributed by atoms with van der Waals surface area (Å²) < 4.78 is 5.52. The lowest BCUT2D eigenvalue weighted by Gasteiger charge is -2.14. The first-order valence-electron chi connectivity index (χ1n) is 6.94. The van der Waals surface area contributed by atoms with Crippen molar-refractivity contribution in [1.29, 1.82) is 0 Å². The van der Waals surface area contributed by atoms with Crippen LogP contribution in [-0.2, 0) is 4.79 Å². The number of carbonyl (C=O) groups excluding carboxylic acids is 1. The van der Waals surface area contributed by atoms with Crippen molar-refractivity contribution in [2.24, 2.45) is 0 Å². The highest BCUT2D eigenvalue weighted by Crippen LogP contribution is 2.16. The summed E-state index contributed by atoms with van der Waals surface area (Å²) in [7, 11) is 0. The molecule has 20 heavy (non-hydrogen) atoms. The molecule has 0 bridgehead atoms. The van der Waals surface area contributed by atoms with Gasteiger partial charge in [0.15, 0.2) is 6.10 Å². The van der Waals surface area contributed by atoms with E-state index in [9.17, 15) is 4.79 Å². The number of hydrogen-bond acceptors (Lipinski definition) is 3. The predicted octanol–water partition coefficient (Wildman–Crippen LogP) is 2.78. The topological polar surface area (TPSA) is 58.6 Å². The first-order valence-corrected chi connectivity index (χ1v) is 7.32. The molecule has 0 aliphatic rings. The van der Waals surface area contributed by atoms with Gasteiger partial charge in [-0.2, -0.15) is 0 Å². The van der Waals surface area contributed by atoms with Crippen molar-refractivity contribution in [3.05, 3.63) is 29.3 Å². The fraction of sp³-hybridized carbons (Fsp3) is 0.533. The Morgan fingerprint density at radius 1 is 1.25 bits per heavy atom. The quantitative estimate of drug-likeness (QED) is 0.689. The molecule has 0 radical (unpaired) electrons. The van der Waals surface area contributed by atoms with Crippen molar-refractivity contribution in [2.75, 3.05) is 13.2 Å². The Morgan fingerprint density at radius 3 is 2.55 bits per heavy atom. The molecule has 0 aliphatic carbocycles. The third-order valence-electron chi connectivity index (χ3n) is 2.88. The fourth-order valence-corrected chi connectivity index (χ4v) is 1.84. The highest BCUT2D eigenvalue weighted by molar-refractivity contribution is 6.30. The van der Waals surface area contributed by atoms with Crippen molar-refractivity contribution < 1.29 is 14.6 Å². The molecule has 0 aliphatic heterocycles. The maximum atomic E-state index is 11.8. The largest absolute Gasteiger partial charge is 0.481 e. The zero-order valence-corrected chi connectivity index (χ0v) is 12.5. The second-order valence-electron chi connectivity index (χ2n) is 4.64. The van der Waals surface area contributed by atoms with Gasteiger partial charge in [-0.1, -0.05) is 24.4 Å². The lowest BCUT2D eigenvalue weighted by molar-refractivity contribution is -0.127. The lowest BCUT2D eigenvalue weighted by Crippen LogP contribution is -2.36. The van der Waals surface area contributed by atoms with Gasteiger partial charge in [0.2, 0.25) is 0 Å². The van der Waals surface area contributed by atoms with Crippen molar-refractivity contribution in [3.8, 4) is 5.75 Å². The maximum Gasteiger partial charge on any atom is 0.260 e. The molecule has 0 heterocycles. The van der Waals surface area contributed by atoms with Crippen LogP contribution in [0.15, 0.2) is 24.3 Å². The Hall–Kier alpha value is -1.26. The lowest BCUT2D eigenvalue weighted by atomic mass is 10.2. The molecular formula is C15H22ClNO3. The minimum absolute atomic E-state index is 0.123. The number of rotatable bonds is 9. The molecule has 1 amide bonds. The first-order chi connectivity index (χ1) is 9.63. The molecule has 5 heteroatoms. The van der Waals surface area contributed by atoms with Crippen LogP contribution in [0.2, 0.25) is 5.02 Å². The van der Waals surface area contributed by atoms with Crippen molar-refractivity contribution >= 4 is 17.5 Å². The van der Waals surface area contributed by atoms with Crippen molar-refractivity contribution in [2.45, 2.75) is 38.7 Å². The molecule has 1 unspecified atom stereocenters. The third-order valence-corrected chi connectivity index (χ3v) is 3.13. The van der Waals surface area contributed by atoms with Gasteiger partial charge in [0.05, 0.1) is 0 Å². The molecule has 112 valence electrons. The second-order valence-corrected chi connectivity index (χ2v) is 5.08. The number of unbranched alkanes of at least 4 members (excludes halogenated alkanes) is 3. The molecular weight excluding hydrogens is 278 g/mol. The van der Waals surface area contributed by atoms with Crippen molar-refractivity contribution in [3.63, 3.8) is 0 Å². The summed E-state index contributed by atoms with van der Waals surface area (Å²) in [5.74, 6) is 0.502. The van der Waals surface area contributed by atoms with E-state index in [1.165, 1.54) is 0 Å². The zero-order chi connectivity index (χ0) is 14.8. The highest BCUT2D eigenvalue weighted by atomic mass is 35.5. The number of ether oxygens (including phenoxy) is 1. The molecule has 4 nitrogen and oxygen atoms in total. The molecule has 0 saturated heterocycles. The van der Waals surface area contributed by atoms with Crippen LogP contribution >= 0.6 is 11.6 Å². The molecule has 1 aromatic rings. The highest BCUT2D eigenvalue weighted by Gasteiger charge is 2.13. The minimum Gasteiger partial charge on any atom is -0.481 e. The average molecular weight is 300 g/mol. The van der Waals surface area contributed by atoms with E-state index in [1.54, 1.807) is 31.2 Å². The van der Waals surface area contributed by atoms with Crippen LogP contribution in [0.3, 0.4) is 0 Å². The van der Waals surface area contributed by atoms with E-state index >= 15 is 0 Å². The number of aliphatic hydroxyl groups is 1. The van der Waals surface area contributed by atoms with E-state index in [2.05, 4.69) is 5.32 Å². The molecule has 0 saturated carbocycles. The fourth-order valence-electron chi connectivity index (χ4n) is 1.72. The number of benzene rings is 1.